The van der Waals surface area contributed by atoms with Gasteiger partial charge < -0.3 is 0 Å². The minimum atomic E-state index is 0.701. The van der Waals surface area contributed by atoms with Crippen molar-refractivity contribution >= 4 is 16.8 Å². The number of hydrogen-bond acceptors (Lipinski definition) is 2. The van der Waals surface area contributed by atoms with Crippen molar-refractivity contribution < 1.29 is 0 Å². The van der Waals surface area contributed by atoms with Gasteiger partial charge in [-0.2, -0.15) is 0 Å². The summed E-state index contributed by atoms with van der Waals surface area (Å²) in [6.07, 6.45) is 10.9. The second-order valence-corrected chi connectivity index (χ2v) is 5.91. The summed E-state index contributed by atoms with van der Waals surface area (Å²) in [6.45, 7) is 2.27. The van der Waals surface area contributed by atoms with Crippen molar-refractivity contribution in [3.8, 4) is 0 Å². The van der Waals surface area contributed by atoms with E-state index in [2.05, 4.69) is 18.7 Å². The van der Waals surface area contributed by atoms with Crippen LogP contribution < -0.4 is 0 Å². The lowest BCUT2D eigenvalue weighted by Gasteiger charge is -2.31. The topological polar surface area (TPSA) is 12.4 Å². The molecule has 2 heteroatoms. The van der Waals surface area contributed by atoms with Gasteiger partial charge in [0, 0.05) is 5.25 Å². The molecule has 1 aliphatic heterocycles. The molecule has 2 rings (SSSR count). The first-order chi connectivity index (χ1) is 6.88. The summed E-state index contributed by atoms with van der Waals surface area (Å²) in [4.78, 5) is 4.85. The molecule has 1 aliphatic carbocycles. The molecule has 0 spiro atoms. The maximum atomic E-state index is 4.85. The molecule has 2 bridgehead atoms. The summed E-state index contributed by atoms with van der Waals surface area (Å²) in [7, 11) is 0. The van der Waals surface area contributed by atoms with Gasteiger partial charge in [0.25, 0.3) is 0 Å². The molecule has 0 saturated heterocycles. The van der Waals surface area contributed by atoms with E-state index in [4.69, 9.17) is 4.99 Å². The summed E-state index contributed by atoms with van der Waals surface area (Å²) in [5.41, 5.74) is 0. The van der Waals surface area contributed by atoms with Crippen molar-refractivity contribution in [2.75, 3.05) is 0 Å². The Hall–Kier alpha value is 0.0200. The fourth-order valence-corrected chi connectivity index (χ4v) is 3.88. The highest BCUT2D eigenvalue weighted by Crippen LogP contribution is 2.36. The monoisotopic (exact) mass is 211 g/mol. The normalized spacial score (nSPS) is 31.4. The van der Waals surface area contributed by atoms with Crippen LogP contribution in [0.1, 0.15) is 58.3 Å². The standard InChI is InChI=1S/C12H21NS/c1-2-3-4-8-12-13-10-6-5-7-11(9-10)14-12/h10-11H,2-9H2,1H3. The second-order valence-electron chi connectivity index (χ2n) is 4.54. The Balaban J connectivity index is 1.83. The molecule has 1 saturated carbocycles. The second kappa shape index (κ2) is 5.20. The van der Waals surface area contributed by atoms with E-state index in [1.54, 1.807) is 0 Å². The Labute approximate surface area is 91.8 Å². The fraction of sp³-hybridized carbons (Fsp3) is 0.917. The van der Waals surface area contributed by atoms with Gasteiger partial charge in [-0.25, -0.2) is 0 Å². The summed E-state index contributed by atoms with van der Waals surface area (Å²) in [5.74, 6) is 0. The quantitative estimate of drug-likeness (QED) is 0.640. The first kappa shape index (κ1) is 10.5. The Morgan fingerprint density at radius 1 is 1.36 bits per heavy atom. The van der Waals surface area contributed by atoms with E-state index >= 15 is 0 Å². The Bertz CT molecular complexity index is 212. The Kier molecular flexibility index (Phi) is 3.91. The van der Waals surface area contributed by atoms with Gasteiger partial charge in [-0.05, 0) is 32.1 Å². The molecule has 2 unspecified atom stereocenters. The smallest absolute Gasteiger partial charge is 0.0682 e. The number of unbranched alkanes of at least 4 members (excludes halogenated alkanes) is 2. The molecule has 1 nitrogen and oxygen atoms in total. The van der Waals surface area contributed by atoms with Crippen LogP contribution in [0.25, 0.3) is 0 Å². The zero-order chi connectivity index (χ0) is 9.80. The maximum Gasteiger partial charge on any atom is 0.0682 e. The molecule has 1 fully saturated rings. The molecule has 0 radical (unpaired) electrons. The lowest BCUT2D eigenvalue weighted by molar-refractivity contribution is 0.449. The zero-order valence-corrected chi connectivity index (χ0v) is 9.98. The van der Waals surface area contributed by atoms with Gasteiger partial charge >= 0.3 is 0 Å². The largest absolute Gasteiger partial charge is 0.280 e. The van der Waals surface area contributed by atoms with Gasteiger partial charge in [0.15, 0.2) is 0 Å². The lowest BCUT2D eigenvalue weighted by Crippen LogP contribution is -2.26. The minimum absolute atomic E-state index is 0.701. The highest BCUT2D eigenvalue weighted by atomic mass is 32.2. The van der Waals surface area contributed by atoms with Gasteiger partial charge in [-0.3, -0.25) is 4.99 Å². The molecule has 1 heterocycles. The molecule has 0 aromatic rings. The van der Waals surface area contributed by atoms with Crippen LogP contribution in [0.5, 0.6) is 0 Å². The van der Waals surface area contributed by atoms with Crippen LogP contribution in [0.2, 0.25) is 0 Å². The van der Waals surface area contributed by atoms with E-state index in [1.807, 2.05) is 0 Å². The summed E-state index contributed by atoms with van der Waals surface area (Å²) >= 11 is 2.09. The number of nitrogens with zero attached hydrogens (tertiary/aromatic N) is 1. The molecule has 80 valence electrons. The van der Waals surface area contributed by atoms with Crippen LogP contribution >= 0.6 is 11.8 Å². The Morgan fingerprint density at radius 2 is 2.29 bits per heavy atom. The highest BCUT2D eigenvalue weighted by Gasteiger charge is 2.27. The number of fused-ring (bicyclic) bond motifs is 2. The third-order valence-electron chi connectivity index (χ3n) is 3.22. The van der Waals surface area contributed by atoms with Gasteiger partial charge in [-0.15, -0.1) is 11.8 Å². The molecule has 2 atom stereocenters. The van der Waals surface area contributed by atoms with Gasteiger partial charge in [-0.1, -0.05) is 26.2 Å². The molecule has 0 amide bonds. The van der Waals surface area contributed by atoms with Crippen LogP contribution in [0, 0.1) is 0 Å². The maximum absolute atomic E-state index is 4.85. The summed E-state index contributed by atoms with van der Waals surface area (Å²) in [5, 5.41) is 2.39. The van der Waals surface area contributed by atoms with Crippen molar-refractivity contribution in [3.63, 3.8) is 0 Å². The first-order valence-electron chi connectivity index (χ1n) is 6.12. The van der Waals surface area contributed by atoms with Crippen LogP contribution in [-0.4, -0.2) is 16.3 Å². The van der Waals surface area contributed by atoms with E-state index in [0.717, 1.165) is 5.25 Å². The Morgan fingerprint density at radius 3 is 3.07 bits per heavy atom. The van der Waals surface area contributed by atoms with E-state index < -0.39 is 0 Å². The molecule has 0 N–H and O–H groups in total. The summed E-state index contributed by atoms with van der Waals surface area (Å²) < 4.78 is 0. The van der Waals surface area contributed by atoms with Crippen LogP contribution in [-0.2, 0) is 0 Å². The van der Waals surface area contributed by atoms with E-state index in [-0.39, 0.29) is 0 Å². The molecule has 2 aliphatic rings. The van der Waals surface area contributed by atoms with Gasteiger partial charge in [0.2, 0.25) is 0 Å². The van der Waals surface area contributed by atoms with Crippen molar-refractivity contribution in [1.82, 2.24) is 0 Å². The number of aliphatic imine (C=N–C) groups is 1. The van der Waals surface area contributed by atoms with Crippen molar-refractivity contribution in [2.24, 2.45) is 4.99 Å². The average molecular weight is 211 g/mol. The van der Waals surface area contributed by atoms with Crippen LogP contribution in [0.15, 0.2) is 4.99 Å². The molecule has 14 heavy (non-hydrogen) atoms. The SMILES string of the molecule is CCCCCC1=NC2CCCC(C2)S1. The van der Waals surface area contributed by atoms with Crippen LogP contribution in [0.3, 0.4) is 0 Å². The number of rotatable bonds is 4. The predicted octanol–water partition coefficient (Wildman–Crippen LogP) is 4.02. The lowest BCUT2D eigenvalue weighted by atomic mass is 9.95. The number of thioether (sulfide) groups is 1. The average Bonchev–Trinajstić information content (AvgIpc) is 2.18. The molecular formula is C12H21NS. The molecule has 0 aromatic carbocycles. The van der Waals surface area contributed by atoms with E-state index in [9.17, 15) is 0 Å². The summed E-state index contributed by atoms with van der Waals surface area (Å²) in [6, 6.07) is 0.701. The third kappa shape index (κ3) is 2.75. The van der Waals surface area contributed by atoms with E-state index in [0.29, 0.717) is 6.04 Å². The third-order valence-corrected chi connectivity index (χ3v) is 4.56. The van der Waals surface area contributed by atoms with Crippen LogP contribution in [0.4, 0.5) is 0 Å². The van der Waals surface area contributed by atoms with E-state index in [1.165, 1.54) is 56.4 Å². The first-order valence-corrected chi connectivity index (χ1v) is 6.99. The van der Waals surface area contributed by atoms with Crippen molar-refractivity contribution in [3.05, 3.63) is 0 Å². The zero-order valence-electron chi connectivity index (χ0n) is 9.17. The van der Waals surface area contributed by atoms with Gasteiger partial charge in [0.05, 0.1) is 11.1 Å². The predicted molar refractivity (Wildman–Crippen MR) is 65.2 cm³/mol. The van der Waals surface area contributed by atoms with Gasteiger partial charge in [0.1, 0.15) is 0 Å². The number of hydrogen-bond donors (Lipinski definition) is 0. The molecular weight excluding hydrogens is 190 g/mol. The highest BCUT2D eigenvalue weighted by molar-refractivity contribution is 8.14. The minimum Gasteiger partial charge on any atom is -0.280 e. The van der Waals surface area contributed by atoms with Crippen molar-refractivity contribution in [1.29, 1.82) is 0 Å². The molecule has 0 aromatic heterocycles. The fourth-order valence-electron chi connectivity index (χ4n) is 2.42. The van der Waals surface area contributed by atoms with Crippen molar-refractivity contribution in [2.45, 2.75) is 69.6 Å².